The maximum atomic E-state index is 13.6. The molecule has 0 aliphatic carbocycles. The summed E-state index contributed by atoms with van der Waals surface area (Å²) < 4.78 is 33.5. The van der Waals surface area contributed by atoms with E-state index in [1.54, 1.807) is 37.3 Å². The number of anilines is 1. The van der Waals surface area contributed by atoms with Crippen molar-refractivity contribution in [3.63, 3.8) is 0 Å². The lowest BCUT2D eigenvalue weighted by Gasteiger charge is -2.33. The van der Waals surface area contributed by atoms with Crippen molar-refractivity contribution in [1.29, 1.82) is 0 Å². The first kappa shape index (κ1) is 26.6. The summed E-state index contributed by atoms with van der Waals surface area (Å²) in [5, 5.41) is 21.8. The Morgan fingerprint density at radius 1 is 1.32 bits per heavy atom. The number of nitrogens with zero attached hydrogens (tertiary/aromatic N) is 5. The fraction of sp³-hybridized carbons (Fsp3) is 0.409. The normalized spacial score (nSPS) is 25.9. The van der Waals surface area contributed by atoms with Crippen LogP contribution in [0.1, 0.15) is 27.0 Å². The number of ether oxygens (including phenoxy) is 1. The number of carbonyl (C=O) groups is 1. The third-order valence-electron chi connectivity index (χ3n) is 6.11. The van der Waals surface area contributed by atoms with Crippen LogP contribution >= 0.6 is 7.75 Å². The number of aliphatic hydroxyl groups is 1. The van der Waals surface area contributed by atoms with Crippen molar-refractivity contribution >= 4 is 19.3 Å². The summed E-state index contributed by atoms with van der Waals surface area (Å²) >= 11 is 0. The SMILES string of the molecule is CC(=O)[C@H](C)NP(=O)(OC[C@H]1O[C@@H](n2ccc(N)nc2=O)[C@](C)(n2ccnn2)[C@@H]1O)Oc1ccccc1. The molecule has 0 saturated carbocycles. The smallest absolute Gasteiger partial charge is 0.413 e. The lowest BCUT2D eigenvalue weighted by atomic mass is 9.92. The zero-order valence-corrected chi connectivity index (χ0v) is 21.3. The van der Waals surface area contributed by atoms with Gasteiger partial charge in [-0.1, -0.05) is 23.4 Å². The number of hydrogen-bond acceptors (Lipinski definition) is 11. The molecular formula is C22H28N7O7P. The summed E-state index contributed by atoms with van der Waals surface area (Å²) in [5.74, 6) is -0.0229. The second-order valence-corrected chi connectivity index (χ2v) is 10.4. The lowest BCUT2D eigenvalue weighted by molar-refractivity contribution is -0.118. The van der Waals surface area contributed by atoms with Gasteiger partial charge in [0, 0.05) is 12.4 Å². The molecule has 0 radical (unpaired) electrons. The number of nitrogen functional groups attached to an aromatic ring is 1. The van der Waals surface area contributed by atoms with Crippen LogP contribution in [0.25, 0.3) is 0 Å². The van der Waals surface area contributed by atoms with E-state index in [1.807, 2.05) is 0 Å². The van der Waals surface area contributed by atoms with Crippen LogP contribution in [-0.4, -0.2) is 60.3 Å². The van der Waals surface area contributed by atoms with Gasteiger partial charge in [-0.25, -0.2) is 19.1 Å². The van der Waals surface area contributed by atoms with Crippen molar-refractivity contribution in [3.8, 4) is 5.75 Å². The molecule has 14 nitrogen and oxygen atoms in total. The number of ketones is 1. The molecule has 15 heteroatoms. The molecule has 4 rings (SSSR count). The molecule has 1 aromatic carbocycles. The molecule has 0 bridgehead atoms. The van der Waals surface area contributed by atoms with Gasteiger partial charge in [0.15, 0.2) is 6.23 Å². The van der Waals surface area contributed by atoms with Crippen molar-refractivity contribution < 1.29 is 28.3 Å². The minimum Gasteiger partial charge on any atom is -0.413 e. The predicted molar refractivity (Wildman–Crippen MR) is 130 cm³/mol. The van der Waals surface area contributed by atoms with Crippen molar-refractivity contribution in [3.05, 3.63) is 65.5 Å². The Morgan fingerprint density at radius 3 is 2.68 bits per heavy atom. The largest absolute Gasteiger partial charge is 0.459 e. The van der Waals surface area contributed by atoms with Crippen LogP contribution in [-0.2, 0) is 24.2 Å². The Kier molecular flexibility index (Phi) is 7.57. The molecule has 1 aliphatic rings. The highest BCUT2D eigenvalue weighted by Gasteiger charge is 2.57. The average molecular weight is 533 g/mol. The Bertz CT molecular complexity index is 1340. The van der Waals surface area contributed by atoms with Crippen LogP contribution in [0.5, 0.6) is 5.75 Å². The van der Waals surface area contributed by atoms with Gasteiger partial charge in [0.2, 0.25) is 0 Å². The zero-order chi connectivity index (χ0) is 26.8. The van der Waals surface area contributed by atoms with E-state index in [4.69, 9.17) is 19.5 Å². The molecule has 4 N–H and O–H groups in total. The molecule has 1 saturated heterocycles. The van der Waals surface area contributed by atoms with Gasteiger partial charge in [-0.05, 0) is 39.0 Å². The van der Waals surface area contributed by atoms with Gasteiger partial charge >= 0.3 is 13.4 Å². The number of Topliss-reactive ketones (excluding diaryl/α,β-unsaturated/α-hetero) is 1. The van der Waals surface area contributed by atoms with Crippen LogP contribution in [0.15, 0.2) is 59.8 Å². The molecule has 0 amide bonds. The number of aromatic nitrogens is 5. The van der Waals surface area contributed by atoms with Crippen LogP contribution in [0, 0.1) is 0 Å². The van der Waals surface area contributed by atoms with E-state index < -0.39 is 50.1 Å². The quantitative estimate of drug-likeness (QED) is 0.313. The topological polar surface area (TPSA) is 186 Å². The number of rotatable bonds is 10. The van der Waals surface area contributed by atoms with Crippen molar-refractivity contribution in [2.45, 2.75) is 50.8 Å². The van der Waals surface area contributed by atoms with E-state index in [9.17, 15) is 19.3 Å². The second-order valence-electron chi connectivity index (χ2n) is 8.75. The average Bonchev–Trinajstić information content (AvgIpc) is 3.47. The van der Waals surface area contributed by atoms with E-state index in [1.165, 1.54) is 43.2 Å². The summed E-state index contributed by atoms with van der Waals surface area (Å²) in [6, 6.07) is 8.85. The molecule has 6 atom stereocenters. The third-order valence-corrected chi connectivity index (χ3v) is 7.76. The summed E-state index contributed by atoms with van der Waals surface area (Å²) in [6.45, 7) is 4.05. The summed E-state index contributed by atoms with van der Waals surface area (Å²) in [5.41, 5.74) is 3.57. The minimum atomic E-state index is -4.13. The molecule has 2 aromatic heterocycles. The Balaban J connectivity index is 1.63. The maximum Gasteiger partial charge on any atom is 0.459 e. The molecule has 3 aromatic rings. The van der Waals surface area contributed by atoms with Gasteiger partial charge in [-0.2, -0.15) is 4.98 Å². The van der Waals surface area contributed by atoms with Gasteiger partial charge in [0.25, 0.3) is 0 Å². The Morgan fingerprint density at radius 2 is 2.05 bits per heavy atom. The van der Waals surface area contributed by atoms with Crippen LogP contribution in [0.4, 0.5) is 5.82 Å². The van der Waals surface area contributed by atoms with E-state index in [0.29, 0.717) is 0 Å². The molecule has 1 unspecified atom stereocenters. The fourth-order valence-corrected chi connectivity index (χ4v) is 5.48. The summed E-state index contributed by atoms with van der Waals surface area (Å²) in [6.07, 6.45) is 0.775. The first-order chi connectivity index (χ1) is 17.5. The lowest BCUT2D eigenvalue weighted by Crippen LogP contribution is -2.49. The standard InChI is InChI=1S/C22H28N7O7P/c1-14(15(2)30)26-37(33,36-16-7-5-4-6-8-16)34-13-17-19(31)22(3,29-12-10-24-27-29)20(35-17)28-11-9-18(23)25-21(28)32/h4-12,14,17,19-20,31H,13H2,1-3H3,(H,26,33)(H2,23,25,32)/t14-,17+,19+,20+,22+,37?/m0/s1. The number of para-hydroxylation sites is 1. The highest BCUT2D eigenvalue weighted by molar-refractivity contribution is 7.52. The molecular weight excluding hydrogens is 505 g/mol. The first-order valence-corrected chi connectivity index (χ1v) is 12.9. The fourth-order valence-electron chi connectivity index (χ4n) is 3.91. The first-order valence-electron chi connectivity index (χ1n) is 11.4. The summed E-state index contributed by atoms with van der Waals surface area (Å²) in [4.78, 5) is 28.2. The van der Waals surface area contributed by atoms with Gasteiger partial charge in [0.1, 0.15) is 35.1 Å². The van der Waals surface area contributed by atoms with Crippen LogP contribution in [0.3, 0.4) is 0 Å². The zero-order valence-electron chi connectivity index (χ0n) is 20.4. The molecule has 37 heavy (non-hydrogen) atoms. The number of carbonyl (C=O) groups excluding carboxylic acids is 1. The van der Waals surface area contributed by atoms with Crippen molar-refractivity contribution in [2.24, 2.45) is 0 Å². The van der Waals surface area contributed by atoms with Gasteiger partial charge in [0.05, 0.1) is 18.8 Å². The summed E-state index contributed by atoms with van der Waals surface area (Å²) in [7, 11) is -4.13. The van der Waals surface area contributed by atoms with Crippen molar-refractivity contribution in [1.82, 2.24) is 29.6 Å². The molecule has 0 spiro atoms. The van der Waals surface area contributed by atoms with E-state index in [-0.39, 0.29) is 17.4 Å². The Labute approximate surface area is 212 Å². The monoisotopic (exact) mass is 533 g/mol. The number of nitrogens with one attached hydrogen (secondary N) is 1. The third kappa shape index (κ3) is 5.48. The minimum absolute atomic E-state index is 0.0202. The van der Waals surface area contributed by atoms with Crippen LogP contribution in [0.2, 0.25) is 0 Å². The number of benzene rings is 1. The predicted octanol–water partition coefficient (Wildman–Crippen LogP) is 0.862. The van der Waals surface area contributed by atoms with Gasteiger partial charge < -0.3 is 20.1 Å². The highest BCUT2D eigenvalue weighted by atomic mass is 31.2. The number of aliphatic hydroxyl groups excluding tert-OH is 1. The number of nitrogens with two attached hydrogens (primary N) is 1. The van der Waals surface area contributed by atoms with E-state index in [2.05, 4.69) is 20.4 Å². The van der Waals surface area contributed by atoms with E-state index >= 15 is 0 Å². The maximum absolute atomic E-state index is 13.6. The molecule has 1 fully saturated rings. The molecule has 198 valence electrons. The highest BCUT2D eigenvalue weighted by Crippen LogP contribution is 2.48. The van der Waals surface area contributed by atoms with Gasteiger partial charge in [-0.15, -0.1) is 5.10 Å². The van der Waals surface area contributed by atoms with Crippen LogP contribution < -0.4 is 21.0 Å². The molecule has 3 heterocycles. The Hall–Kier alpha value is -3.42. The van der Waals surface area contributed by atoms with E-state index in [0.717, 1.165) is 4.57 Å². The second kappa shape index (κ2) is 10.5. The van der Waals surface area contributed by atoms with Crippen molar-refractivity contribution in [2.75, 3.05) is 12.3 Å². The number of hydrogen-bond donors (Lipinski definition) is 3. The molecule has 1 aliphatic heterocycles. The van der Waals surface area contributed by atoms with Gasteiger partial charge in [-0.3, -0.25) is 13.9 Å².